The van der Waals surface area contributed by atoms with Crippen LogP contribution in [0, 0.1) is 0 Å². The number of carbonyl (C=O) groups excluding carboxylic acids is 1. The molecule has 0 aromatic heterocycles. The Kier molecular flexibility index (Phi) is 2.83. The Morgan fingerprint density at radius 3 is 2.33 bits per heavy atom. The maximum atomic E-state index is 10.7. The van der Waals surface area contributed by atoms with Crippen LogP contribution in [0.2, 0.25) is 10.0 Å². The SMILES string of the molecule is O=C(Cl)c1c(O)ccc(Cl)c1Cl. The molecular formula is C7H3Cl3O2. The zero-order chi connectivity index (χ0) is 9.30. The van der Waals surface area contributed by atoms with Crippen molar-refractivity contribution >= 4 is 40.0 Å². The minimum absolute atomic E-state index is 0.0309. The Morgan fingerprint density at radius 1 is 1.33 bits per heavy atom. The highest BCUT2D eigenvalue weighted by Gasteiger charge is 2.15. The van der Waals surface area contributed by atoms with Gasteiger partial charge in [0.1, 0.15) is 5.75 Å². The lowest BCUT2D eigenvalue weighted by Gasteiger charge is -2.02. The fourth-order valence-electron chi connectivity index (χ4n) is 0.727. The number of halogens is 3. The number of phenols is 1. The van der Waals surface area contributed by atoms with Crippen LogP contribution in [0.1, 0.15) is 10.4 Å². The van der Waals surface area contributed by atoms with E-state index < -0.39 is 5.24 Å². The summed E-state index contributed by atoms with van der Waals surface area (Å²) < 4.78 is 0. The molecule has 0 bridgehead atoms. The second-order valence-electron chi connectivity index (χ2n) is 2.03. The minimum Gasteiger partial charge on any atom is -0.507 e. The highest BCUT2D eigenvalue weighted by Crippen LogP contribution is 2.33. The van der Waals surface area contributed by atoms with E-state index in [1.54, 1.807) is 0 Å². The van der Waals surface area contributed by atoms with Crippen LogP contribution in [-0.4, -0.2) is 10.3 Å². The molecule has 1 aromatic rings. The van der Waals surface area contributed by atoms with Gasteiger partial charge in [-0.2, -0.15) is 0 Å². The van der Waals surface area contributed by atoms with Gasteiger partial charge in [0.2, 0.25) is 0 Å². The van der Waals surface area contributed by atoms with Gasteiger partial charge < -0.3 is 5.11 Å². The molecule has 5 heteroatoms. The van der Waals surface area contributed by atoms with E-state index in [4.69, 9.17) is 39.9 Å². The summed E-state index contributed by atoms with van der Waals surface area (Å²) in [5, 5.41) is 8.45. The number of hydrogen-bond donors (Lipinski definition) is 1. The number of carbonyl (C=O) groups is 1. The van der Waals surface area contributed by atoms with Crippen LogP contribution in [0.25, 0.3) is 0 Å². The molecule has 0 amide bonds. The molecule has 0 aliphatic carbocycles. The van der Waals surface area contributed by atoms with Gasteiger partial charge in [0.25, 0.3) is 5.24 Å². The number of aromatic hydroxyl groups is 1. The first kappa shape index (κ1) is 9.65. The van der Waals surface area contributed by atoms with Gasteiger partial charge in [-0.25, -0.2) is 0 Å². The molecule has 0 heterocycles. The molecule has 1 N–H and O–H groups in total. The van der Waals surface area contributed by atoms with Gasteiger partial charge in [-0.05, 0) is 23.7 Å². The van der Waals surface area contributed by atoms with Crippen molar-refractivity contribution in [3.8, 4) is 5.75 Å². The van der Waals surface area contributed by atoms with Crippen LogP contribution in [-0.2, 0) is 0 Å². The van der Waals surface area contributed by atoms with Crippen molar-refractivity contribution < 1.29 is 9.90 Å². The van der Waals surface area contributed by atoms with Crippen LogP contribution in [0.5, 0.6) is 5.75 Å². The summed E-state index contributed by atoms with van der Waals surface area (Å²) in [5.41, 5.74) is -0.161. The molecule has 0 fully saturated rings. The van der Waals surface area contributed by atoms with E-state index in [0.29, 0.717) is 0 Å². The van der Waals surface area contributed by atoms with E-state index in [1.165, 1.54) is 12.1 Å². The third kappa shape index (κ3) is 1.66. The molecule has 1 aromatic carbocycles. The van der Waals surface area contributed by atoms with Crippen molar-refractivity contribution in [1.82, 2.24) is 0 Å². The normalized spacial score (nSPS) is 9.92. The summed E-state index contributed by atoms with van der Waals surface area (Å²) in [4.78, 5) is 10.7. The monoisotopic (exact) mass is 224 g/mol. The van der Waals surface area contributed by atoms with Gasteiger partial charge in [0, 0.05) is 0 Å². The standard InChI is InChI=1S/C7H3Cl3O2/c8-3-1-2-4(11)5(6(3)9)7(10)12/h1-2,11H. The van der Waals surface area contributed by atoms with E-state index in [1.807, 2.05) is 0 Å². The van der Waals surface area contributed by atoms with Gasteiger partial charge in [0.15, 0.2) is 0 Å². The van der Waals surface area contributed by atoms with Crippen LogP contribution in [0.3, 0.4) is 0 Å². The number of rotatable bonds is 1. The van der Waals surface area contributed by atoms with Crippen molar-refractivity contribution in [3.05, 3.63) is 27.7 Å². The number of phenolic OH excluding ortho intramolecular Hbond substituents is 1. The van der Waals surface area contributed by atoms with Gasteiger partial charge in [0.05, 0.1) is 15.6 Å². The van der Waals surface area contributed by atoms with E-state index in [2.05, 4.69) is 0 Å². The van der Waals surface area contributed by atoms with E-state index in [-0.39, 0.29) is 21.4 Å². The first-order valence-electron chi connectivity index (χ1n) is 2.91. The molecule has 1 rings (SSSR count). The lowest BCUT2D eigenvalue weighted by atomic mass is 10.2. The first-order chi connectivity index (χ1) is 5.54. The zero-order valence-corrected chi connectivity index (χ0v) is 7.91. The van der Waals surface area contributed by atoms with E-state index >= 15 is 0 Å². The van der Waals surface area contributed by atoms with Crippen LogP contribution >= 0.6 is 34.8 Å². The predicted molar refractivity (Wildman–Crippen MR) is 48.3 cm³/mol. The van der Waals surface area contributed by atoms with Crippen LogP contribution in [0.15, 0.2) is 12.1 Å². The smallest absolute Gasteiger partial charge is 0.257 e. The average molecular weight is 225 g/mol. The zero-order valence-electron chi connectivity index (χ0n) is 5.64. The minimum atomic E-state index is -0.833. The summed E-state index contributed by atoms with van der Waals surface area (Å²) in [6.07, 6.45) is 0. The molecule has 0 aliphatic rings. The first-order valence-corrected chi connectivity index (χ1v) is 4.04. The Hall–Kier alpha value is -0.440. The van der Waals surface area contributed by atoms with E-state index in [9.17, 15) is 4.79 Å². The third-order valence-corrected chi connectivity index (χ3v) is 2.26. The summed E-state index contributed by atoms with van der Waals surface area (Å²) >= 11 is 16.3. The molecule has 0 unspecified atom stereocenters. The molecule has 2 nitrogen and oxygen atoms in total. The molecule has 64 valence electrons. The third-order valence-electron chi connectivity index (χ3n) is 1.27. The fraction of sp³-hybridized carbons (Fsp3) is 0. The van der Waals surface area contributed by atoms with Crippen LogP contribution in [0.4, 0.5) is 0 Å². The molecule has 0 spiro atoms. The summed E-state index contributed by atoms with van der Waals surface area (Å²) in [7, 11) is 0. The van der Waals surface area contributed by atoms with Gasteiger partial charge >= 0.3 is 0 Å². The Labute approximate surface area is 83.7 Å². The number of benzene rings is 1. The molecule has 12 heavy (non-hydrogen) atoms. The average Bonchev–Trinajstić information content (AvgIpc) is 1.97. The van der Waals surface area contributed by atoms with Gasteiger partial charge in [-0.1, -0.05) is 23.2 Å². The number of hydrogen-bond acceptors (Lipinski definition) is 2. The quantitative estimate of drug-likeness (QED) is 0.746. The fourth-order valence-corrected chi connectivity index (χ4v) is 1.37. The maximum Gasteiger partial charge on any atom is 0.257 e. The second-order valence-corrected chi connectivity index (χ2v) is 3.16. The highest BCUT2D eigenvalue weighted by molar-refractivity contribution is 6.69. The van der Waals surface area contributed by atoms with Gasteiger partial charge in [-0.3, -0.25) is 4.79 Å². The molecule has 0 atom stereocenters. The van der Waals surface area contributed by atoms with Crippen molar-refractivity contribution in [1.29, 1.82) is 0 Å². The summed E-state index contributed by atoms with van der Waals surface area (Å²) in [6.45, 7) is 0. The Bertz CT molecular complexity index is 336. The maximum absolute atomic E-state index is 10.7. The van der Waals surface area contributed by atoms with Crippen LogP contribution < -0.4 is 0 Å². The highest BCUT2D eigenvalue weighted by atomic mass is 35.5. The summed E-state index contributed by atoms with van der Waals surface area (Å²) in [5.74, 6) is -0.274. The predicted octanol–water partition coefficient (Wildman–Crippen LogP) is 3.08. The lowest BCUT2D eigenvalue weighted by molar-refractivity contribution is 0.107. The summed E-state index contributed by atoms with van der Waals surface area (Å²) in [6, 6.07) is 2.63. The topological polar surface area (TPSA) is 37.3 Å². The molecule has 0 aliphatic heterocycles. The molecule has 0 saturated heterocycles. The van der Waals surface area contributed by atoms with Crippen molar-refractivity contribution in [2.24, 2.45) is 0 Å². The Balaban J connectivity index is 3.43. The van der Waals surface area contributed by atoms with Crippen molar-refractivity contribution in [2.75, 3.05) is 0 Å². The Morgan fingerprint density at radius 2 is 1.92 bits per heavy atom. The molecule has 0 radical (unpaired) electrons. The lowest BCUT2D eigenvalue weighted by Crippen LogP contribution is -1.91. The van der Waals surface area contributed by atoms with Gasteiger partial charge in [-0.15, -0.1) is 0 Å². The largest absolute Gasteiger partial charge is 0.507 e. The van der Waals surface area contributed by atoms with Crippen molar-refractivity contribution in [2.45, 2.75) is 0 Å². The second kappa shape index (κ2) is 3.52. The van der Waals surface area contributed by atoms with Crippen molar-refractivity contribution in [3.63, 3.8) is 0 Å². The molecule has 0 saturated carbocycles. The molecular weight excluding hydrogens is 222 g/mol. The van der Waals surface area contributed by atoms with E-state index in [0.717, 1.165) is 0 Å².